The van der Waals surface area contributed by atoms with Gasteiger partial charge < -0.3 is 11.1 Å². The maximum Gasteiger partial charge on any atom is 0.263 e. The molecule has 1 amide bonds. The molecule has 0 aliphatic heterocycles. The van der Waals surface area contributed by atoms with Crippen LogP contribution in [0.2, 0.25) is 0 Å². The molecule has 1 atom stereocenters. The van der Waals surface area contributed by atoms with E-state index >= 15 is 0 Å². The fourth-order valence-corrected chi connectivity index (χ4v) is 2.48. The van der Waals surface area contributed by atoms with Crippen LogP contribution in [0.1, 0.15) is 29.9 Å². The summed E-state index contributed by atoms with van der Waals surface area (Å²) in [6.07, 6.45) is 2.60. The van der Waals surface area contributed by atoms with Crippen LogP contribution < -0.4 is 11.1 Å². The van der Waals surface area contributed by atoms with E-state index in [1.165, 1.54) is 11.3 Å². The number of pyridine rings is 1. The van der Waals surface area contributed by atoms with Crippen molar-refractivity contribution in [2.75, 3.05) is 5.73 Å². The van der Waals surface area contributed by atoms with Gasteiger partial charge in [-0.25, -0.2) is 4.98 Å². The van der Waals surface area contributed by atoms with Crippen LogP contribution in [0.25, 0.3) is 10.2 Å². The highest BCUT2D eigenvalue weighted by molar-refractivity contribution is 7.21. The molecule has 0 fully saturated rings. The molecule has 2 aromatic heterocycles. The highest BCUT2D eigenvalue weighted by Crippen LogP contribution is 2.31. The number of rotatable bonds is 3. The highest BCUT2D eigenvalue weighted by Gasteiger charge is 2.17. The van der Waals surface area contributed by atoms with Gasteiger partial charge in [0, 0.05) is 17.6 Å². The van der Waals surface area contributed by atoms with Crippen molar-refractivity contribution in [3.05, 3.63) is 23.2 Å². The summed E-state index contributed by atoms with van der Waals surface area (Å²) in [4.78, 5) is 17.6. The van der Waals surface area contributed by atoms with Gasteiger partial charge in [0.2, 0.25) is 0 Å². The Morgan fingerprint density at radius 2 is 2.41 bits per heavy atom. The average molecular weight is 249 g/mol. The Labute approximate surface area is 104 Å². The first-order chi connectivity index (χ1) is 8.13. The number of carbonyl (C=O) groups excluding carboxylic acids is 1. The van der Waals surface area contributed by atoms with Crippen LogP contribution in [0.15, 0.2) is 18.3 Å². The number of hydrogen-bond acceptors (Lipinski definition) is 4. The normalized spacial score (nSPS) is 12.6. The van der Waals surface area contributed by atoms with E-state index in [0.717, 1.165) is 16.6 Å². The molecule has 0 saturated heterocycles. The Morgan fingerprint density at radius 3 is 3.06 bits per heavy atom. The Balaban J connectivity index is 2.35. The van der Waals surface area contributed by atoms with Crippen molar-refractivity contribution in [2.24, 2.45) is 0 Å². The van der Waals surface area contributed by atoms with Crippen LogP contribution in [0.5, 0.6) is 0 Å². The third-order valence-corrected chi connectivity index (χ3v) is 3.83. The van der Waals surface area contributed by atoms with E-state index in [1.54, 1.807) is 6.20 Å². The fraction of sp³-hybridized carbons (Fsp3) is 0.333. The molecule has 3 N–H and O–H groups in total. The largest absolute Gasteiger partial charge is 0.397 e. The number of nitrogens with two attached hydrogens (primary N) is 1. The van der Waals surface area contributed by atoms with Crippen molar-refractivity contribution in [3.63, 3.8) is 0 Å². The van der Waals surface area contributed by atoms with E-state index in [1.807, 2.05) is 26.0 Å². The molecule has 5 heteroatoms. The van der Waals surface area contributed by atoms with Gasteiger partial charge in [-0.3, -0.25) is 4.79 Å². The molecule has 2 aromatic rings. The monoisotopic (exact) mass is 249 g/mol. The van der Waals surface area contributed by atoms with E-state index in [0.29, 0.717) is 10.6 Å². The smallest absolute Gasteiger partial charge is 0.263 e. The lowest BCUT2D eigenvalue weighted by Crippen LogP contribution is -2.31. The molecule has 2 heterocycles. The molecular formula is C12H15N3OS. The molecule has 0 aliphatic carbocycles. The lowest BCUT2D eigenvalue weighted by Gasteiger charge is -2.10. The molecule has 0 saturated carbocycles. The van der Waals surface area contributed by atoms with E-state index in [4.69, 9.17) is 5.73 Å². The molecule has 0 unspecified atom stereocenters. The van der Waals surface area contributed by atoms with Crippen molar-refractivity contribution in [2.45, 2.75) is 26.3 Å². The maximum atomic E-state index is 12.0. The Morgan fingerprint density at radius 1 is 1.65 bits per heavy atom. The molecule has 0 bridgehead atoms. The van der Waals surface area contributed by atoms with Gasteiger partial charge in [0.1, 0.15) is 9.71 Å². The van der Waals surface area contributed by atoms with Crippen LogP contribution in [0, 0.1) is 0 Å². The number of fused-ring (bicyclic) bond motifs is 1. The van der Waals surface area contributed by atoms with Crippen molar-refractivity contribution < 1.29 is 4.79 Å². The number of amides is 1. The van der Waals surface area contributed by atoms with Crippen LogP contribution in [-0.2, 0) is 0 Å². The van der Waals surface area contributed by atoms with E-state index in [-0.39, 0.29) is 11.9 Å². The third kappa shape index (κ3) is 2.24. The number of nitrogens with one attached hydrogen (secondary N) is 1. The molecule has 2 rings (SSSR count). The second-order valence-corrected chi connectivity index (χ2v) is 4.98. The van der Waals surface area contributed by atoms with E-state index < -0.39 is 0 Å². The SMILES string of the molecule is CC[C@@H](C)NC(=O)c1sc2ncccc2c1N. The lowest BCUT2D eigenvalue weighted by atomic mass is 10.2. The van der Waals surface area contributed by atoms with Crippen molar-refractivity contribution >= 4 is 33.1 Å². The summed E-state index contributed by atoms with van der Waals surface area (Å²) < 4.78 is 0. The summed E-state index contributed by atoms with van der Waals surface area (Å²) >= 11 is 1.34. The van der Waals surface area contributed by atoms with Gasteiger partial charge in [-0.2, -0.15) is 0 Å². The first-order valence-corrected chi connectivity index (χ1v) is 6.39. The fourth-order valence-electron chi connectivity index (χ4n) is 1.51. The van der Waals surface area contributed by atoms with Crippen LogP contribution in [0.4, 0.5) is 5.69 Å². The lowest BCUT2D eigenvalue weighted by molar-refractivity contribution is 0.0944. The topological polar surface area (TPSA) is 68.0 Å². The number of anilines is 1. The predicted molar refractivity (Wildman–Crippen MR) is 71.3 cm³/mol. The van der Waals surface area contributed by atoms with E-state index in [2.05, 4.69) is 10.3 Å². The number of carbonyl (C=O) groups is 1. The summed E-state index contributed by atoms with van der Waals surface area (Å²) in [6.45, 7) is 4.00. The molecule has 0 aliphatic rings. The van der Waals surface area contributed by atoms with Crippen molar-refractivity contribution in [1.29, 1.82) is 0 Å². The summed E-state index contributed by atoms with van der Waals surface area (Å²) in [5, 5.41) is 3.76. The van der Waals surface area contributed by atoms with Gasteiger partial charge in [0.25, 0.3) is 5.91 Å². The van der Waals surface area contributed by atoms with Crippen LogP contribution in [0.3, 0.4) is 0 Å². The minimum absolute atomic E-state index is 0.111. The Hall–Kier alpha value is -1.62. The summed E-state index contributed by atoms with van der Waals surface area (Å²) in [7, 11) is 0. The summed E-state index contributed by atoms with van der Waals surface area (Å²) in [5.74, 6) is -0.111. The van der Waals surface area contributed by atoms with Gasteiger partial charge in [-0.15, -0.1) is 11.3 Å². The zero-order chi connectivity index (χ0) is 12.4. The predicted octanol–water partition coefficient (Wildman–Crippen LogP) is 2.41. The minimum atomic E-state index is -0.111. The van der Waals surface area contributed by atoms with Gasteiger partial charge in [0.15, 0.2) is 0 Å². The molecule has 90 valence electrons. The molecule has 0 spiro atoms. The Kier molecular flexibility index (Phi) is 3.28. The number of hydrogen-bond donors (Lipinski definition) is 2. The zero-order valence-electron chi connectivity index (χ0n) is 9.86. The molecule has 17 heavy (non-hydrogen) atoms. The number of thiophene rings is 1. The zero-order valence-corrected chi connectivity index (χ0v) is 10.7. The maximum absolute atomic E-state index is 12.0. The van der Waals surface area contributed by atoms with Gasteiger partial charge in [-0.1, -0.05) is 6.92 Å². The van der Waals surface area contributed by atoms with Gasteiger partial charge in [-0.05, 0) is 25.5 Å². The number of nitrogen functional groups attached to an aromatic ring is 1. The second kappa shape index (κ2) is 4.71. The van der Waals surface area contributed by atoms with Crippen LogP contribution in [-0.4, -0.2) is 16.9 Å². The molecule has 0 aromatic carbocycles. The van der Waals surface area contributed by atoms with Crippen LogP contribution >= 0.6 is 11.3 Å². The molecule has 4 nitrogen and oxygen atoms in total. The Bertz CT molecular complexity index is 550. The first kappa shape index (κ1) is 11.9. The summed E-state index contributed by atoms with van der Waals surface area (Å²) in [5.41, 5.74) is 6.49. The number of aromatic nitrogens is 1. The number of nitrogens with zero attached hydrogens (tertiary/aromatic N) is 1. The standard InChI is InChI=1S/C12H15N3OS/c1-3-7(2)15-11(16)10-9(13)8-5-4-6-14-12(8)17-10/h4-7H,3,13H2,1-2H3,(H,15,16)/t7-/m1/s1. The van der Waals surface area contributed by atoms with Crippen molar-refractivity contribution in [1.82, 2.24) is 10.3 Å². The second-order valence-electron chi connectivity index (χ2n) is 3.98. The molecule has 0 radical (unpaired) electrons. The van der Waals surface area contributed by atoms with Gasteiger partial charge in [0.05, 0.1) is 5.69 Å². The quantitative estimate of drug-likeness (QED) is 0.877. The molecular weight excluding hydrogens is 234 g/mol. The van der Waals surface area contributed by atoms with Gasteiger partial charge >= 0.3 is 0 Å². The first-order valence-electron chi connectivity index (χ1n) is 5.57. The highest BCUT2D eigenvalue weighted by atomic mass is 32.1. The average Bonchev–Trinajstić information content (AvgIpc) is 2.67. The minimum Gasteiger partial charge on any atom is -0.397 e. The van der Waals surface area contributed by atoms with E-state index in [9.17, 15) is 4.79 Å². The summed E-state index contributed by atoms with van der Waals surface area (Å²) in [6, 6.07) is 3.86. The van der Waals surface area contributed by atoms with Crippen molar-refractivity contribution in [3.8, 4) is 0 Å². The third-order valence-electron chi connectivity index (χ3n) is 2.70.